The van der Waals surface area contributed by atoms with E-state index in [1.807, 2.05) is 57.5 Å². The summed E-state index contributed by atoms with van der Waals surface area (Å²) >= 11 is 0. The molecule has 0 amide bonds. The molecule has 0 unspecified atom stereocenters. The van der Waals surface area contributed by atoms with Crippen molar-refractivity contribution in [1.82, 2.24) is 15.3 Å². The van der Waals surface area contributed by atoms with Crippen LogP contribution in [-0.2, 0) is 33.8 Å². The second kappa shape index (κ2) is 13.3. The molecule has 0 radical (unpaired) electrons. The molecule has 0 fully saturated rings. The van der Waals surface area contributed by atoms with Gasteiger partial charge in [-0.15, -0.1) is 65.2 Å². The molecule has 36 heavy (non-hydrogen) atoms. The van der Waals surface area contributed by atoms with E-state index >= 15 is 0 Å². The van der Waals surface area contributed by atoms with E-state index in [2.05, 4.69) is 38.4 Å². The van der Waals surface area contributed by atoms with Crippen LogP contribution in [0.25, 0.3) is 22.5 Å². The maximum absolute atomic E-state index is 12.6. The summed E-state index contributed by atoms with van der Waals surface area (Å²) in [5.41, 5.74) is 5.30. The molecule has 1 N–H and O–H groups in total. The fourth-order valence-electron chi connectivity index (χ4n) is 3.30. The van der Waals surface area contributed by atoms with Crippen molar-refractivity contribution in [3.63, 3.8) is 0 Å². The Hall–Kier alpha value is -3.02. The summed E-state index contributed by atoms with van der Waals surface area (Å²) in [6.45, 7) is 2.67. The van der Waals surface area contributed by atoms with Crippen molar-refractivity contribution in [2.24, 2.45) is 0 Å². The third-order valence-corrected chi connectivity index (χ3v) is 5.06. The molecule has 190 valence electrons. The van der Waals surface area contributed by atoms with Gasteiger partial charge in [0.15, 0.2) is 0 Å². The number of halogens is 3. The number of pyridine rings is 2. The quantitative estimate of drug-likeness (QED) is 0.257. The molecule has 0 bridgehead atoms. The van der Waals surface area contributed by atoms with Gasteiger partial charge in [-0.3, -0.25) is 0 Å². The van der Waals surface area contributed by atoms with Gasteiger partial charge in [0.2, 0.25) is 0 Å². The van der Waals surface area contributed by atoms with E-state index in [9.17, 15) is 13.2 Å². The maximum atomic E-state index is 12.6. The number of aromatic nitrogens is 2. The third kappa shape index (κ3) is 8.28. The van der Waals surface area contributed by atoms with Crippen LogP contribution in [0.15, 0.2) is 73.1 Å². The van der Waals surface area contributed by atoms with Gasteiger partial charge in [0.25, 0.3) is 0 Å². The molecule has 0 aliphatic rings. The normalized spacial score (nSPS) is 10.6. The molecular weight excluding hydrogens is 644 g/mol. The zero-order chi connectivity index (χ0) is 25.4. The zero-order valence-corrected chi connectivity index (χ0v) is 22.7. The van der Waals surface area contributed by atoms with Crippen molar-refractivity contribution in [1.29, 1.82) is 0 Å². The van der Waals surface area contributed by atoms with Crippen molar-refractivity contribution in [2.45, 2.75) is 19.6 Å². The van der Waals surface area contributed by atoms with Crippen LogP contribution in [0.5, 0.6) is 0 Å². The van der Waals surface area contributed by atoms with Crippen molar-refractivity contribution in [2.75, 3.05) is 26.0 Å². The summed E-state index contributed by atoms with van der Waals surface area (Å²) < 4.78 is 37.9. The maximum Gasteiger partial charge on any atom is 2.00 e. The first-order valence-electron chi connectivity index (χ1n) is 11.0. The first-order valence-corrected chi connectivity index (χ1v) is 11.0. The Balaban J connectivity index is 0.000000250. The van der Waals surface area contributed by atoms with Gasteiger partial charge in [0, 0.05) is 38.7 Å². The number of anilines is 1. The summed E-state index contributed by atoms with van der Waals surface area (Å²) in [6, 6.07) is 23.4. The number of hydrogen-bond acceptors (Lipinski definition) is 4. The molecule has 0 aliphatic carbocycles. The Kier molecular flexibility index (Phi) is 10.8. The van der Waals surface area contributed by atoms with E-state index < -0.39 is 11.7 Å². The molecule has 4 nitrogen and oxygen atoms in total. The van der Waals surface area contributed by atoms with Crippen LogP contribution in [-0.4, -0.2) is 31.1 Å². The second-order valence-corrected chi connectivity index (χ2v) is 8.10. The number of rotatable bonds is 5. The van der Waals surface area contributed by atoms with Crippen molar-refractivity contribution in [3.05, 3.63) is 102 Å². The number of alkyl halides is 3. The van der Waals surface area contributed by atoms with Gasteiger partial charge in [-0.1, -0.05) is 19.1 Å². The zero-order valence-electron chi connectivity index (χ0n) is 20.4. The Labute approximate surface area is 224 Å². The van der Waals surface area contributed by atoms with Gasteiger partial charge in [0.1, 0.15) is 0 Å². The molecule has 0 saturated heterocycles. The van der Waals surface area contributed by atoms with E-state index in [0.717, 1.165) is 34.1 Å². The first-order chi connectivity index (χ1) is 16.7. The predicted octanol–water partition coefficient (Wildman–Crippen LogP) is 6.21. The predicted molar refractivity (Wildman–Crippen MR) is 134 cm³/mol. The molecule has 2 heterocycles. The van der Waals surface area contributed by atoms with Crippen LogP contribution in [0.2, 0.25) is 0 Å². The fourth-order valence-corrected chi connectivity index (χ4v) is 3.30. The number of aryl methyl sites for hydroxylation is 1. The van der Waals surface area contributed by atoms with E-state index in [4.69, 9.17) is 0 Å². The minimum Gasteiger partial charge on any atom is -0.378 e. The molecule has 0 saturated carbocycles. The van der Waals surface area contributed by atoms with Gasteiger partial charge < -0.3 is 20.2 Å². The topological polar surface area (TPSA) is 41.1 Å². The summed E-state index contributed by atoms with van der Waals surface area (Å²) in [7, 11) is 5.86. The van der Waals surface area contributed by atoms with Gasteiger partial charge >= 0.3 is 27.2 Å². The number of hydrogen-bond donors (Lipinski definition) is 1. The van der Waals surface area contributed by atoms with Crippen LogP contribution in [0.3, 0.4) is 0 Å². The molecule has 8 heteroatoms. The standard InChI is InChI=1S/C14H12F3N2.C14H15N2.Pt/c1-18-9-10-5-6-19-13(7-10)11-3-2-4-12(8-11)14(15,16)17;1-11-5-4-6-12(9-11)14-10-13(16(2)3)7-8-15-14;/h2-7,18H,9H2,1H3;4-8,10H,1-3H3;/q2*-1;+2. The van der Waals surface area contributed by atoms with Crippen molar-refractivity contribution in [3.8, 4) is 22.5 Å². The van der Waals surface area contributed by atoms with E-state index in [1.165, 1.54) is 6.07 Å². The number of nitrogens with zero attached hydrogens (tertiary/aromatic N) is 3. The van der Waals surface area contributed by atoms with Crippen LogP contribution >= 0.6 is 0 Å². The Morgan fingerprint density at radius 1 is 0.861 bits per heavy atom. The van der Waals surface area contributed by atoms with Crippen molar-refractivity contribution >= 4 is 5.69 Å². The average Bonchev–Trinajstić information content (AvgIpc) is 2.84. The van der Waals surface area contributed by atoms with E-state index in [0.29, 0.717) is 17.8 Å². The minimum atomic E-state index is -4.39. The monoisotopic (exact) mass is 671 g/mol. The summed E-state index contributed by atoms with van der Waals surface area (Å²) in [6.07, 6.45) is -0.977. The largest absolute Gasteiger partial charge is 2.00 e. The van der Waals surface area contributed by atoms with E-state index in [-0.39, 0.29) is 21.1 Å². The molecular formula is C28H27F3N4Pt. The SMILES string of the molecule is CNCc1ccnc(-c2[c-]c(C(F)(F)F)ccc2)c1.Cc1[c-]c(-c2cc(N(C)C)ccn2)ccc1.[Pt+2]. The molecule has 2 aromatic heterocycles. The average molecular weight is 672 g/mol. The Morgan fingerprint density at radius 3 is 2.08 bits per heavy atom. The van der Waals surface area contributed by atoms with E-state index in [1.54, 1.807) is 25.4 Å². The van der Waals surface area contributed by atoms with Crippen LogP contribution in [0, 0.1) is 19.1 Å². The Bertz CT molecular complexity index is 1260. The molecule has 2 aromatic carbocycles. The number of nitrogens with one attached hydrogen (secondary N) is 1. The smallest absolute Gasteiger partial charge is 0.378 e. The number of benzene rings is 2. The molecule has 0 aliphatic heterocycles. The third-order valence-electron chi connectivity index (χ3n) is 5.06. The summed E-state index contributed by atoms with van der Waals surface area (Å²) in [5, 5.41) is 2.98. The minimum absolute atomic E-state index is 0. The Morgan fingerprint density at radius 2 is 1.47 bits per heavy atom. The van der Waals surface area contributed by atoms with Crippen LogP contribution in [0.4, 0.5) is 18.9 Å². The fraction of sp³-hybridized carbons (Fsp3) is 0.214. The van der Waals surface area contributed by atoms with Crippen LogP contribution in [0.1, 0.15) is 16.7 Å². The summed E-state index contributed by atoms with van der Waals surface area (Å²) in [5.74, 6) is 0. The second-order valence-electron chi connectivity index (χ2n) is 8.10. The van der Waals surface area contributed by atoms with Crippen LogP contribution < -0.4 is 10.2 Å². The van der Waals surface area contributed by atoms with Crippen molar-refractivity contribution < 1.29 is 34.2 Å². The van der Waals surface area contributed by atoms with Gasteiger partial charge in [0.05, 0.1) is 0 Å². The first kappa shape index (κ1) is 29.2. The van der Waals surface area contributed by atoms with Gasteiger partial charge in [-0.05, 0) is 41.7 Å². The molecule has 0 spiro atoms. The van der Waals surface area contributed by atoms with Gasteiger partial charge in [-0.2, -0.15) is 13.2 Å². The molecule has 0 atom stereocenters. The van der Waals surface area contributed by atoms with Gasteiger partial charge in [-0.25, -0.2) is 0 Å². The molecule has 4 aromatic rings. The summed E-state index contributed by atoms with van der Waals surface area (Å²) in [4.78, 5) is 10.5. The molecule has 4 rings (SSSR count).